The first-order valence-corrected chi connectivity index (χ1v) is 8.10. The van der Waals surface area contributed by atoms with E-state index in [4.69, 9.17) is 4.52 Å². The lowest BCUT2D eigenvalue weighted by Gasteiger charge is -2.31. The lowest BCUT2D eigenvalue weighted by molar-refractivity contribution is 0.167. The fourth-order valence-electron chi connectivity index (χ4n) is 2.95. The molecule has 1 N–H and O–H groups in total. The molecule has 1 aliphatic heterocycles. The summed E-state index contributed by atoms with van der Waals surface area (Å²) in [7, 11) is 2.03. The van der Waals surface area contributed by atoms with Gasteiger partial charge in [-0.05, 0) is 38.4 Å². The molecule has 1 unspecified atom stereocenters. The van der Waals surface area contributed by atoms with Crippen molar-refractivity contribution in [2.75, 3.05) is 20.1 Å². The molecule has 2 heterocycles. The third-order valence-corrected chi connectivity index (χ3v) is 4.36. The summed E-state index contributed by atoms with van der Waals surface area (Å²) in [6.45, 7) is 5.03. The molecule has 0 spiro atoms. The summed E-state index contributed by atoms with van der Waals surface area (Å²) in [6.07, 6.45) is 3.50. The molecule has 0 amide bonds. The topological polar surface area (TPSA) is 54.2 Å². The third kappa shape index (κ3) is 4.53. The predicted molar refractivity (Wildman–Crippen MR) is 93.7 cm³/mol. The molecule has 1 aromatic carbocycles. The minimum Gasteiger partial charge on any atom is -0.338 e. The van der Waals surface area contributed by atoms with Crippen molar-refractivity contribution in [1.82, 2.24) is 20.4 Å². The standard InChI is InChI=1S/C17H24N4O.ClH/c1-3-13-6-8-14(9-7-13)17-19-16(22-20-17)12-21-10-4-5-15(11-21)18-2;/h6-9,15,18H,3-5,10-12H2,1-2H3;1H. The first-order valence-electron chi connectivity index (χ1n) is 8.10. The van der Waals surface area contributed by atoms with Gasteiger partial charge in [-0.1, -0.05) is 36.3 Å². The van der Waals surface area contributed by atoms with Crippen LogP contribution in [0.25, 0.3) is 11.4 Å². The highest BCUT2D eigenvalue weighted by Gasteiger charge is 2.20. The summed E-state index contributed by atoms with van der Waals surface area (Å²) < 4.78 is 5.42. The Morgan fingerprint density at radius 3 is 2.78 bits per heavy atom. The molecule has 23 heavy (non-hydrogen) atoms. The number of aromatic nitrogens is 2. The number of hydrogen-bond donors (Lipinski definition) is 1. The monoisotopic (exact) mass is 336 g/mol. The Morgan fingerprint density at radius 2 is 2.09 bits per heavy atom. The molecule has 1 fully saturated rings. The summed E-state index contributed by atoms with van der Waals surface area (Å²) in [5, 5.41) is 7.47. The SMILES string of the molecule is CCc1ccc(-c2noc(CN3CCCC(NC)C3)n2)cc1.Cl. The number of nitrogens with zero attached hydrogens (tertiary/aromatic N) is 3. The molecular formula is C17H25ClN4O. The van der Waals surface area contributed by atoms with Crippen LogP contribution in [0.2, 0.25) is 0 Å². The van der Waals surface area contributed by atoms with Gasteiger partial charge in [-0.2, -0.15) is 4.98 Å². The summed E-state index contributed by atoms with van der Waals surface area (Å²) in [4.78, 5) is 6.92. The second-order valence-electron chi connectivity index (χ2n) is 5.93. The minimum atomic E-state index is 0. The maximum Gasteiger partial charge on any atom is 0.241 e. The largest absolute Gasteiger partial charge is 0.338 e. The second kappa shape index (κ2) is 8.43. The number of likely N-dealkylation sites (tertiary alicyclic amines) is 1. The van der Waals surface area contributed by atoms with Gasteiger partial charge in [0.2, 0.25) is 11.7 Å². The molecule has 5 nitrogen and oxygen atoms in total. The summed E-state index contributed by atoms with van der Waals surface area (Å²) >= 11 is 0. The zero-order valence-corrected chi connectivity index (χ0v) is 14.6. The van der Waals surface area contributed by atoms with Crippen LogP contribution in [-0.2, 0) is 13.0 Å². The first kappa shape index (κ1) is 17.9. The van der Waals surface area contributed by atoms with Gasteiger partial charge in [0.1, 0.15) is 0 Å². The molecule has 0 radical (unpaired) electrons. The van der Waals surface area contributed by atoms with Crippen LogP contribution in [0.3, 0.4) is 0 Å². The van der Waals surface area contributed by atoms with Crippen LogP contribution in [0.1, 0.15) is 31.2 Å². The molecule has 0 bridgehead atoms. The van der Waals surface area contributed by atoms with Crippen LogP contribution < -0.4 is 5.32 Å². The highest BCUT2D eigenvalue weighted by molar-refractivity contribution is 5.85. The Hall–Kier alpha value is -1.43. The van der Waals surface area contributed by atoms with E-state index in [0.29, 0.717) is 17.8 Å². The van der Waals surface area contributed by atoms with Crippen LogP contribution in [-0.4, -0.2) is 41.2 Å². The summed E-state index contributed by atoms with van der Waals surface area (Å²) in [5.74, 6) is 1.38. The van der Waals surface area contributed by atoms with Gasteiger partial charge in [-0.25, -0.2) is 0 Å². The molecular weight excluding hydrogens is 312 g/mol. The van der Waals surface area contributed by atoms with Crippen molar-refractivity contribution >= 4 is 12.4 Å². The van der Waals surface area contributed by atoms with Crippen LogP contribution in [0.5, 0.6) is 0 Å². The van der Waals surface area contributed by atoms with Gasteiger partial charge in [0, 0.05) is 18.2 Å². The summed E-state index contributed by atoms with van der Waals surface area (Å²) in [6, 6.07) is 8.93. The van der Waals surface area contributed by atoms with Crippen LogP contribution in [0.4, 0.5) is 0 Å². The Kier molecular flexibility index (Phi) is 6.57. The van der Waals surface area contributed by atoms with Crippen molar-refractivity contribution < 1.29 is 4.52 Å². The number of benzene rings is 1. The average molecular weight is 337 g/mol. The lowest BCUT2D eigenvalue weighted by Crippen LogP contribution is -2.43. The fourth-order valence-corrected chi connectivity index (χ4v) is 2.95. The highest BCUT2D eigenvalue weighted by Crippen LogP contribution is 2.18. The van der Waals surface area contributed by atoms with Crippen molar-refractivity contribution in [2.24, 2.45) is 0 Å². The zero-order chi connectivity index (χ0) is 15.4. The van der Waals surface area contributed by atoms with Gasteiger partial charge in [0.15, 0.2) is 0 Å². The Balaban J connectivity index is 0.00000192. The van der Waals surface area contributed by atoms with E-state index in [-0.39, 0.29) is 12.4 Å². The molecule has 126 valence electrons. The van der Waals surface area contributed by atoms with Crippen molar-refractivity contribution in [3.8, 4) is 11.4 Å². The number of aryl methyl sites for hydroxylation is 1. The van der Waals surface area contributed by atoms with Crippen molar-refractivity contribution in [3.05, 3.63) is 35.7 Å². The third-order valence-electron chi connectivity index (χ3n) is 4.36. The van der Waals surface area contributed by atoms with Crippen molar-refractivity contribution in [2.45, 2.75) is 38.8 Å². The molecule has 1 saturated heterocycles. The number of halogens is 1. The number of nitrogens with one attached hydrogen (secondary N) is 1. The average Bonchev–Trinajstić information content (AvgIpc) is 3.03. The molecule has 0 aliphatic carbocycles. The van der Waals surface area contributed by atoms with Crippen molar-refractivity contribution in [1.29, 1.82) is 0 Å². The Bertz CT molecular complexity index is 599. The lowest BCUT2D eigenvalue weighted by atomic mass is 10.1. The van der Waals surface area contributed by atoms with Crippen LogP contribution >= 0.6 is 12.4 Å². The Labute approximate surface area is 143 Å². The fraction of sp³-hybridized carbons (Fsp3) is 0.529. The van der Waals surface area contributed by atoms with E-state index in [1.54, 1.807) is 0 Å². The minimum absolute atomic E-state index is 0. The van der Waals surface area contributed by atoms with Gasteiger partial charge in [-0.15, -0.1) is 12.4 Å². The number of likely N-dealkylation sites (N-methyl/N-ethyl adjacent to an activating group) is 1. The van der Waals surface area contributed by atoms with Gasteiger partial charge in [-0.3, -0.25) is 4.90 Å². The number of hydrogen-bond acceptors (Lipinski definition) is 5. The maximum atomic E-state index is 5.42. The highest BCUT2D eigenvalue weighted by atomic mass is 35.5. The molecule has 1 atom stereocenters. The van der Waals surface area contributed by atoms with E-state index in [1.165, 1.54) is 18.4 Å². The van der Waals surface area contributed by atoms with Gasteiger partial charge < -0.3 is 9.84 Å². The number of rotatable bonds is 5. The van der Waals surface area contributed by atoms with E-state index >= 15 is 0 Å². The smallest absolute Gasteiger partial charge is 0.241 e. The van der Waals surface area contributed by atoms with Gasteiger partial charge in [0.25, 0.3) is 0 Å². The zero-order valence-electron chi connectivity index (χ0n) is 13.8. The van der Waals surface area contributed by atoms with E-state index < -0.39 is 0 Å². The maximum absolute atomic E-state index is 5.42. The van der Waals surface area contributed by atoms with E-state index in [2.05, 4.69) is 51.5 Å². The molecule has 1 aromatic heterocycles. The summed E-state index contributed by atoms with van der Waals surface area (Å²) in [5.41, 5.74) is 2.33. The van der Waals surface area contributed by atoms with Crippen LogP contribution in [0.15, 0.2) is 28.8 Å². The van der Waals surface area contributed by atoms with Crippen molar-refractivity contribution in [3.63, 3.8) is 0 Å². The predicted octanol–water partition coefficient (Wildman–Crippen LogP) is 2.90. The molecule has 2 aromatic rings. The van der Waals surface area contributed by atoms with Gasteiger partial charge in [0.05, 0.1) is 6.54 Å². The van der Waals surface area contributed by atoms with Gasteiger partial charge >= 0.3 is 0 Å². The van der Waals surface area contributed by atoms with E-state index in [0.717, 1.165) is 31.6 Å². The number of piperidine rings is 1. The molecule has 1 aliphatic rings. The first-order chi connectivity index (χ1) is 10.8. The normalized spacial score (nSPS) is 18.6. The quantitative estimate of drug-likeness (QED) is 0.909. The van der Waals surface area contributed by atoms with E-state index in [1.807, 2.05) is 7.05 Å². The van der Waals surface area contributed by atoms with E-state index in [9.17, 15) is 0 Å². The molecule has 3 rings (SSSR count). The second-order valence-corrected chi connectivity index (χ2v) is 5.93. The molecule has 0 saturated carbocycles. The molecule has 6 heteroatoms. The Morgan fingerprint density at radius 1 is 1.30 bits per heavy atom. The van der Waals surface area contributed by atoms with Crippen LogP contribution in [0, 0.1) is 0 Å².